The Hall–Kier alpha value is -1.82. The standard InChI is InChI=1S/C15H18N2O3S/c1-19-11-5-6-12-13(8-11)21-15(16-12)17-7-3-4-10(9-17)14(18)20-2/h5-6,8,10H,3-4,7,9H2,1-2H3. The first-order valence-corrected chi connectivity index (χ1v) is 7.80. The Balaban J connectivity index is 1.84. The number of hydrogen-bond acceptors (Lipinski definition) is 6. The molecule has 5 nitrogen and oxygen atoms in total. The Morgan fingerprint density at radius 3 is 3.05 bits per heavy atom. The van der Waals surface area contributed by atoms with E-state index in [1.54, 1.807) is 18.4 Å². The molecule has 0 saturated carbocycles. The summed E-state index contributed by atoms with van der Waals surface area (Å²) >= 11 is 1.64. The number of carbonyl (C=O) groups is 1. The number of fused-ring (bicyclic) bond motifs is 1. The van der Waals surface area contributed by atoms with Crippen LogP contribution in [-0.4, -0.2) is 38.3 Å². The Bertz CT molecular complexity index is 655. The van der Waals surface area contributed by atoms with E-state index in [1.807, 2.05) is 18.2 Å². The molecule has 1 aromatic heterocycles. The zero-order valence-corrected chi connectivity index (χ0v) is 13.0. The summed E-state index contributed by atoms with van der Waals surface area (Å²) in [5, 5.41) is 0.965. The summed E-state index contributed by atoms with van der Waals surface area (Å²) < 4.78 is 11.2. The summed E-state index contributed by atoms with van der Waals surface area (Å²) in [5.74, 6) is 0.663. The van der Waals surface area contributed by atoms with Crippen LogP contribution in [0, 0.1) is 5.92 Å². The van der Waals surface area contributed by atoms with E-state index >= 15 is 0 Å². The fourth-order valence-electron chi connectivity index (χ4n) is 2.66. The van der Waals surface area contributed by atoms with Gasteiger partial charge in [0, 0.05) is 13.1 Å². The van der Waals surface area contributed by atoms with Gasteiger partial charge in [-0.05, 0) is 31.0 Å². The summed E-state index contributed by atoms with van der Waals surface area (Å²) in [6, 6.07) is 5.88. The molecule has 1 saturated heterocycles. The smallest absolute Gasteiger partial charge is 0.310 e. The van der Waals surface area contributed by atoms with E-state index in [0.29, 0.717) is 6.54 Å². The van der Waals surface area contributed by atoms with E-state index in [-0.39, 0.29) is 11.9 Å². The fraction of sp³-hybridized carbons (Fsp3) is 0.467. The van der Waals surface area contributed by atoms with Crippen LogP contribution in [0.2, 0.25) is 0 Å². The third-order valence-electron chi connectivity index (χ3n) is 3.81. The number of esters is 1. The molecule has 0 N–H and O–H groups in total. The lowest BCUT2D eigenvalue weighted by Gasteiger charge is -2.30. The monoisotopic (exact) mass is 306 g/mol. The second-order valence-corrected chi connectivity index (χ2v) is 6.15. The molecule has 1 unspecified atom stereocenters. The normalized spacial score (nSPS) is 18.8. The van der Waals surface area contributed by atoms with Crippen molar-refractivity contribution in [2.45, 2.75) is 12.8 Å². The molecule has 0 aliphatic carbocycles. The maximum absolute atomic E-state index is 11.7. The van der Waals surface area contributed by atoms with Gasteiger partial charge in [0.15, 0.2) is 5.13 Å². The number of piperidine rings is 1. The first-order chi connectivity index (χ1) is 10.2. The molecule has 21 heavy (non-hydrogen) atoms. The van der Waals surface area contributed by atoms with Crippen molar-refractivity contribution in [3.8, 4) is 5.75 Å². The van der Waals surface area contributed by atoms with Crippen LogP contribution >= 0.6 is 11.3 Å². The van der Waals surface area contributed by atoms with Gasteiger partial charge in [-0.2, -0.15) is 0 Å². The van der Waals surface area contributed by atoms with Gasteiger partial charge in [-0.1, -0.05) is 11.3 Å². The molecule has 2 aromatic rings. The van der Waals surface area contributed by atoms with Gasteiger partial charge in [-0.3, -0.25) is 4.79 Å². The maximum atomic E-state index is 11.7. The van der Waals surface area contributed by atoms with Crippen LogP contribution in [0.4, 0.5) is 5.13 Å². The highest BCUT2D eigenvalue weighted by Crippen LogP contribution is 2.33. The Morgan fingerprint density at radius 1 is 1.43 bits per heavy atom. The molecule has 1 aromatic carbocycles. The van der Waals surface area contributed by atoms with Crippen LogP contribution in [-0.2, 0) is 9.53 Å². The molecule has 6 heteroatoms. The minimum absolute atomic E-state index is 0.0506. The highest BCUT2D eigenvalue weighted by Gasteiger charge is 2.28. The molecule has 3 rings (SSSR count). The Morgan fingerprint density at radius 2 is 2.29 bits per heavy atom. The predicted octanol–water partition coefficient (Wildman–Crippen LogP) is 2.69. The number of ether oxygens (including phenoxy) is 2. The maximum Gasteiger partial charge on any atom is 0.310 e. The summed E-state index contributed by atoms with van der Waals surface area (Å²) in [6.45, 7) is 1.62. The topological polar surface area (TPSA) is 51.7 Å². The van der Waals surface area contributed by atoms with Crippen molar-refractivity contribution in [3.05, 3.63) is 18.2 Å². The molecule has 112 valence electrons. The zero-order valence-electron chi connectivity index (χ0n) is 12.2. The van der Waals surface area contributed by atoms with E-state index < -0.39 is 0 Å². The molecule has 2 heterocycles. The van der Waals surface area contributed by atoms with E-state index in [1.165, 1.54) is 7.11 Å². The van der Waals surface area contributed by atoms with E-state index in [0.717, 1.165) is 40.5 Å². The lowest BCUT2D eigenvalue weighted by molar-refractivity contribution is -0.145. The predicted molar refractivity (Wildman–Crippen MR) is 83.1 cm³/mol. The molecule has 1 atom stereocenters. The molecule has 0 spiro atoms. The van der Waals surface area contributed by atoms with Crippen molar-refractivity contribution >= 4 is 32.7 Å². The average Bonchev–Trinajstić information content (AvgIpc) is 2.97. The van der Waals surface area contributed by atoms with Crippen molar-refractivity contribution in [2.75, 3.05) is 32.2 Å². The number of carbonyl (C=O) groups excluding carboxylic acids is 1. The van der Waals surface area contributed by atoms with Gasteiger partial charge in [-0.25, -0.2) is 4.98 Å². The van der Waals surface area contributed by atoms with Crippen LogP contribution in [0.25, 0.3) is 10.2 Å². The van der Waals surface area contributed by atoms with Gasteiger partial charge < -0.3 is 14.4 Å². The summed E-state index contributed by atoms with van der Waals surface area (Å²) in [6.07, 6.45) is 1.88. The molecule has 1 aliphatic heterocycles. The zero-order chi connectivity index (χ0) is 14.8. The first kappa shape index (κ1) is 14.1. The molecule has 1 aliphatic rings. The minimum Gasteiger partial charge on any atom is -0.497 e. The number of rotatable bonds is 3. The highest BCUT2D eigenvalue weighted by molar-refractivity contribution is 7.22. The molecule has 0 bridgehead atoms. The highest BCUT2D eigenvalue weighted by atomic mass is 32.1. The Labute approximate surface area is 127 Å². The van der Waals surface area contributed by atoms with Crippen LogP contribution < -0.4 is 9.64 Å². The average molecular weight is 306 g/mol. The minimum atomic E-state index is -0.123. The van der Waals surface area contributed by atoms with Gasteiger partial charge in [0.2, 0.25) is 0 Å². The largest absolute Gasteiger partial charge is 0.497 e. The van der Waals surface area contributed by atoms with Crippen molar-refractivity contribution in [2.24, 2.45) is 5.92 Å². The molecule has 0 radical (unpaired) electrons. The van der Waals surface area contributed by atoms with Crippen molar-refractivity contribution in [3.63, 3.8) is 0 Å². The second-order valence-electron chi connectivity index (χ2n) is 5.14. The van der Waals surface area contributed by atoms with Crippen LogP contribution in [0.5, 0.6) is 5.75 Å². The number of nitrogens with zero attached hydrogens (tertiary/aromatic N) is 2. The number of thiazole rings is 1. The number of benzene rings is 1. The Kier molecular flexibility index (Phi) is 3.96. The quantitative estimate of drug-likeness (QED) is 0.816. The van der Waals surface area contributed by atoms with Gasteiger partial charge >= 0.3 is 5.97 Å². The van der Waals surface area contributed by atoms with Crippen LogP contribution in [0.1, 0.15) is 12.8 Å². The van der Waals surface area contributed by atoms with Gasteiger partial charge in [-0.15, -0.1) is 0 Å². The second kappa shape index (κ2) is 5.89. The van der Waals surface area contributed by atoms with E-state index in [4.69, 9.17) is 9.47 Å². The molecule has 0 amide bonds. The van der Waals surface area contributed by atoms with Crippen molar-refractivity contribution in [1.82, 2.24) is 4.98 Å². The van der Waals surface area contributed by atoms with Gasteiger partial charge in [0.05, 0.1) is 30.4 Å². The van der Waals surface area contributed by atoms with E-state index in [2.05, 4.69) is 9.88 Å². The van der Waals surface area contributed by atoms with Crippen molar-refractivity contribution in [1.29, 1.82) is 0 Å². The first-order valence-electron chi connectivity index (χ1n) is 6.98. The SMILES string of the molecule is COC(=O)C1CCCN(c2nc3ccc(OC)cc3s2)C1. The van der Waals surface area contributed by atoms with Crippen LogP contribution in [0.15, 0.2) is 18.2 Å². The number of aromatic nitrogens is 1. The number of methoxy groups -OCH3 is 2. The summed E-state index contributed by atoms with van der Waals surface area (Å²) in [7, 11) is 3.11. The van der Waals surface area contributed by atoms with Gasteiger partial charge in [0.1, 0.15) is 5.75 Å². The lowest BCUT2D eigenvalue weighted by Crippen LogP contribution is -2.39. The van der Waals surface area contributed by atoms with Crippen LogP contribution in [0.3, 0.4) is 0 Å². The van der Waals surface area contributed by atoms with Gasteiger partial charge in [0.25, 0.3) is 0 Å². The van der Waals surface area contributed by atoms with E-state index in [9.17, 15) is 4.79 Å². The molecular formula is C15H18N2O3S. The fourth-order valence-corrected chi connectivity index (χ4v) is 3.69. The summed E-state index contributed by atoms with van der Waals surface area (Å²) in [4.78, 5) is 18.6. The third-order valence-corrected chi connectivity index (χ3v) is 4.89. The molecular weight excluding hydrogens is 288 g/mol. The summed E-state index contributed by atoms with van der Waals surface area (Å²) in [5.41, 5.74) is 0.969. The molecule has 1 fully saturated rings. The lowest BCUT2D eigenvalue weighted by atomic mass is 9.99. The number of hydrogen-bond donors (Lipinski definition) is 0. The number of anilines is 1. The van der Waals surface area contributed by atoms with Crippen molar-refractivity contribution < 1.29 is 14.3 Å². The third kappa shape index (κ3) is 2.81.